The van der Waals surface area contributed by atoms with Crippen molar-refractivity contribution in [3.63, 3.8) is 0 Å². The minimum absolute atomic E-state index is 0.237. The van der Waals surface area contributed by atoms with Gasteiger partial charge >= 0.3 is 6.03 Å². The number of nitrogens with one attached hydrogen (secondary N) is 1. The van der Waals surface area contributed by atoms with Crippen LogP contribution in [-0.4, -0.2) is 37.9 Å². The number of benzene rings is 1. The van der Waals surface area contributed by atoms with Crippen LogP contribution in [-0.2, 0) is 17.9 Å². The van der Waals surface area contributed by atoms with Crippen molar-refractivity contribution in [1.82, 2.24) is 14.7 Å². The van der Waals surface area contributed by atoms with Crippen LogP contribution in [0.2, 0.25) is 0 Å². The second-order valence-corrected chi connectivity index (χ2v) is 8.82. The minimum Gasteiger partial charge on any atom is -0.398 e. The van der Waals surface area contributed by atoms with E-state index in [0.717, 1.165) is 21.4 Å². The molecule has 1 aliphatic heterocycles. The van der Waals surface area contributed by atoms with Gasteiger partial charge in [-0.25, -0.2) is 9.69 Å². The van der Waals surface area contributed by atoms with Crippen molar-refractivity contribution in [1.29, 1.82) is 5.41 Å². The monoisotopic (exact) mass is 426 g/mol. The summed E-state index contributed by atoms with van der Waals surface area (Å²) in [4.78, 5) is 29.0. The molecule has 1 aromatic carbocycles. The molecule has 158 valence electrons. The van der Waals surface area contributed by atoms with E-state index in [1.807, 2.05) is 25.1 Å². The molecule has 8 nitrogen and oxygen atoms in total. The van der Waals surface area contributed by atoms with Gasteiger partial charge in [0.05, 0.1) is 25.0 Å². The Morgan fingerprint density at radius 3 is 2.50 bits per heavy atom. The average molecular weight is 426 g/mol. The summed E-state index contributed by atoms with van der Waals surface area (Å²) >= 11 is 0. The van der Waals surface area contributed by atoms with Crippen molar-refractivity contribution in [3.05, 3.63) is 53.1 Å². The zero-order valence-electron chi connectivity index (χ0n) is 17.6. The van der Waals surface area contributed by atoms with E-state index in [-0.39, 0.29) is 12.5 Å². The first-order valence-corrected chi connectivity index (χ1v) is 10.1. The predicted octanol–water partition coefficient (Wildman–Crippen LogP) is 3.40. The van der Waals surface area contributed by atoms with Gasteiger partial charge in [0.2, 0.25) is 0 Å². The molecule has 0 radical (unpaired) electrons. The number of nitrogens with zero attached hydrogens (tertiary/aromatic N) is 4. The molecule has 0 saturated carbocycles. The summed E-state index contributed by atoms with van der Waals surface area (Å²) in [6, 6.07) is 6.90. The zero-order valence-corrected chi connectivity index (χ0v) is 18.8. The van der Waals surface area contributed by atoms with E-state index >= 15 is 0 Å². The number of hydrogen-bond donors (Lipinski definition) is 2. The van der Waals surface area contributed by atoms with E-state index in [1.54, 1.807) is 37.7 Å². The molecule has 0 bridgehead atoms. The summed E-state index contributed by atoms with van der Waals surface area (Å²) in [7, 11) is 2.60. The fraction of sp³-hybridized carbons (Fsp3) is 0.333. The number of imide groups is 1. The third-order valence-electron chi connectivity index (χ3n) is 5.33. The van der Waals surface area contributed by atoms with Gasteiger partial charge in [0, 0.05) is 17.6 Å². The molecule has 1 unspecified atom stereocenters. The molecule has 3 amide bonds. The lowest BCUT2D eigenvalue weighted by molar-refractivity contribution is -0.123. The topological polar surface area (TPSA) is 108 Å². The lowest BCUT2D eigenvalue weighted by Gasteiger charge is -2.28. The van der Waals surface area contributed by atoms with Crippen molar-refractivity contribution in [3.8, 4) is 0 Å². The van der Waals surface area contributed by atoms with Crippen LogP contribution in [0.4, 0.5) is 16.2 Å². The van der Waals surface area contributed by atoms with Crippen molar-refractivity contribution >= 4 is 38.3 Å². The Kier molecular flexibility index (Phi) is 5.81. The third kappa shape index (κ3) is 3.87. The largest absolute Gasteiger partial charge is 0.398 e. The van der Waals surface area contributed by atoms with Crippen LogP contribution in [0.5, 0.6) is 0 Å². The first kappa shape index (κ1) is 21.7. The molecule has 30 heavy (non-hydrogen) atoms. The molecule has 1 aliphatic rings. The van der Waals surface area contributed by atoms with E-state index < -0.39 is 11.6 Å². The maximum Gasteiger partial charge on any atom is 0.332 e. The van der Waals surface area contributed by atoms with Crippen LogP contribution in [0, 0.1) is 5.41 Å². The number of aromatic nitrogens is 2. The van der Waals surface area contributed by atoms with E-state index in [1.165, 1.54) is 11.1 Å². The number of anilines is 2. The molecular formula is C21H27N6O2P. The smallest absolute Gasteiger partial charge is 0.332 e. The molecule has 2 heterocycles. The summed E-state index contributed by atoms with van der Waals surface area (Å²) < 4.78 is 1.63. The van der Waals surface area contributed by atoms with Gasteiger partial charge in [-0.1, -0.05) is 18.2 Å². The van der Waals surface area contributed by atoms with Crippen molar-refractivity contribution in [2.24, 2.45) is 0 Å². The highest BCUT2D eigenvalue weighted by Gasteiger charge is 2.52. The number of amides is 3. The highest BCUT2D eigenvalue weighted by atomic mass is 31.0. The zero-order chi connectivity index (χ0) is 22.2. The summed E-state index contributed by atoms with van der Waals surface area (Å²) in [5, 5.41) is 13.2. The Morgan fingerprint density at radius 1 is 1.23 bits per heavy atom. The molecule has 9 heteroatoms. The lowest BCUT2D eigenvalue weighted by Crippen LogP contribution is -2.43. The molecule has 1 fully saturated rings. The second kappa shape index (κ2) is 8.03. The van der Waals surface area contributed by atoms with Crippen LogP contribution in [0.3, 0.4) is 0 Å². The molecule has 1 saturated heterocycles. The molecule has 3 rings (SSSR count). The predicted molar refractivity (Wildman–Crippen MR) is 121 cm³/mol. The Labute approximate surface area is 178 Å². The molecule has 1 aromatic heterocycles. The average Bonchev–Trinajstić information content (AvgIpc) is 3.18. The molecule has 0 spiro atoms. The van der Waals surface area contributed by atoms with Gasteiger partial charge in [-0.15, -0.1) is 9.24 Å². The Hall–Kier alpha value is -2.99. The maximum absolute atomic E-state index is 13.2. The second-order valence-electron chi connectivity index (χ2n) is 7.95. The Bertz CT molecular complexity index is 1050. The van der Waals surface area contributed by atoms with Gasteiger partial charge in [0.15, 0.2) is 0 Å². The number of nitrogens with two attached hydrogens (primary N) is 1. The highest BCUT2D eigenvalue weighted by Crippen LogP contribution is 2.34. The lowest BCUT2D eigenvalue weighted by atomic mass is 10.0. The quantitative estimate of drug-likeness (QED) is 0.319. The van der Waals surface area contributed by atoms with Gasteiger partial charge in [-0.05, 0) is 50.2 Å². The fourth-order valence-corrected chi connectivity index (χ4v) is 3.74. The molecule has 3 N–H and O–H groups in total. The number of carbonyl (C=O) groups is 2. The van der Waals surface area contributed by atoms with E-state index in [2.05, 4.69) is 14.3 Å². The van der Waals surface area contributed by atoms with Crippen molar-refractivity contribution < 1.29 is 9.59 Å². The maximum atomic E-state index is 13.2. The van der Waals surface area contributed by atoms with Gasteiger partial charge in [0.25, 0.3) is 5.91 Å². The number of carbonyl (C=O) groups excluding carboxylic acids is 2. The number of rotatable bonds is 6. The molecular weight excluding hydrogens is 399 g/mol. The standard InChI is InChI=1S/C21H27N6O2P/c1-13(22)17(14(2)30)12-25-11-16(9-24-25)27-19(28)21(3,4)26(20(27)29)10-15-7-5-6-8-18(15)23/h5-9,11,22H,10,12,23,30H2,1-4H3/b17-14-,22-13?. The SMILES string of the molecule is CC(=N)/C(Cn1cc(N2C(=O)N(Cc3ccccc3N)C(C)(C)C2=O)cn1)=C(/C)P. The van der Waals surface area contributed by atoms with Gasteiger partial charge in [0.1, 0.15) is 5.54 Å². The van der Waals surface area contributed by atoms with Gasteiger partial charge in [-0.2, -0.15) is 5.10 Å². The number of nitrogen functional groups attached to an aromatic ring is 1. The number of allylic oxidation sites excluding steroid dienone is 2. The number of urea groups is 1. The number of para-hydroxylation sites is 1. The van der Waals surface area contributed by atoms with Crippen LogP contribution < -0.4 is 10.6 Å². The Balaban J connectivity index is 1.89. The summed E-state index contributed by atoms with van der Waals surface area (Å²) in [5.74, 6) is -0.317. The van der Waals surface area contributed by atoms with Crippen LogP contribution in [0.25, 0.3) is 0 Å². The van der Waals surface area contributed by atoms with Crippen LogP contribution in [0.15, 0.2) is 47.5 Å². The first-order chi connectivity index (χ1) is 14.0. The van der Waals surface area contributed by atoms with Crippen molar-refractivity contribution in [2.45, 2.75) is 46.3 Å². The van der Waals surface area contributed by atoms with E-state index in [9.17, 15) is 9.59 Å². The van der Waals surface area contributed by atoms with Crippen molar-refractivity contribution in [2.75, 3.05) is 10.6 Å². The summed E-state index contributed by atoms with van der Waals surface area (Å²) in [6.07, 6.45) is 3.16. The summed E-state index contributed by atoms with van der Waals surface area (Å²) in [6.45, 7) is 7.71. The third-order valence-corrected chi connectivity index (χ3v) is 5.68. The molecule has 0 aliphatic carbocycles. The van der Waals surface area contributed by atoms with Crippen LogP contribution >= 0.6 is 9.24 Å². The van der Waals surface area contributed by atoms with Gasteiger partial charge in [-0.3, -0.25) is 9.48 Å². The van der Waals surface area contributed by atoms with Crippen LogP contribution in [0.1, 0.15) is 33.3 Å². The normalized spacial score (nSPS) is 16.8. The van der Waals surface area contributed by atoms with E-state index in [4.69, 9.17) is 11.1 Å². The van der Waals surface area contributed by atoms with Gasteiger partial charge < -0.3 is 16.0 Å². The first-order valence-electron chi connectivity index (χ1n) is 9.56. The van der Waals surface area contributed by atoms with E-state index in [0.29, 0.717) is 23.6 Å². The number of hydrogen-bond acceptors (Lipinski definition) is 5. The molecule has 1 atom stereocenters. The fourth-order valence-electron chi connectivity index (χ4n) is 3.43. The summed E-state index contributed by atoms with van der Waals surface area (Å²) in [5.41, 5.74) is 8.07. The molecule has 2 aromatic rings. The highest BCUT2D eigenvalue weighted by molar-refractivity contribution is 7.22. The Morgan fingerprint density at radius 2 is 1.90 bits per heavy atom. The minimum atomic E-state index is -1.02.